The van der Waals surface area contributed by atoms with Gasteiger partial charge >= 0.3 is 0 Å². The normalized spacial score (nSPS) is 10.4. The maximum atomic E-state index is 13.6. The van der Waals surface area contributed by atoms with E-state index in [1.807, 2.05) is 13.0 Å². The zero-order valence-corrected chi connectivity index (χ0v) is 12.0. The Morgan fingerprint density at radius 3 is 2.55 bits per heavy atom. The van der Waals surface area contributed by atoms with Gasteiger partial charge in [-0.1, -0.05) is 17.7 Å². The maximum Gasteiger partial charge on any atom is 0.167 e. The number of rotatable bonds is 4. The molecule has 106 valence electrons. The molecule has 0 aliphatic rings. The van der Waals surface area contributed by atoms with Crippen LogP contribution in [0.5, 0.6) is 17.2 Å². The average molecular weight is 296 g/mol. The van der Waals surface area contributed by atoms with Crippen LogP contribution in [0.15, 0.2) is 30.3 Å². The third kappa shape index (κ3) is 3.14. The Morgan fingerprint density at radius 2 is 1.90 bits per heavy atom. The number of nitrogens with two attached hydrogens (primary N) is 1. The van der Waals surface area contributed by atoms with E-state index in [4.69, 9.17) is 26.8 Å². The molecule has 0 saturated carbocycles. The van der Waals surface area contributed by atoms with Crippen molar-refractivity contribution in [2.75, 3.05) is 12.3 Å². The lowest BCUT2D eigenvalue weighted by atomic mass is 10.2. The van der Waals surface area contributed by atoms with E-state index in [-0.39, 0.29) is 11.4 Å². The first-order valence-electron chi connectivity index (χ1n) is 6.17. The van der Waals surface area contributed by atoms with Gasteiger partial charge < -0.3 is 15.2 Å². The summed E-state index contributed by atoms with van der Waals surface area (Å²) in [5.74, 6) is 0.338. The number of aryl methyl sites for hydroxylation is 1. The highest BCUT2D eigenvalue weighted by Crippen LogP contribution is 2.36. The Morgan fingerprint density at radius 1 is 1.15 bits per heavy atom. The molecule has 0 fully saturated rings. The Hall–Kier alpha value is -1.94. The summed E-state index contributed by atoms with van der Waals surface area (Å²) in [7, 11) is 0. The van der Waals surface area contributed by atoms with Crippen LogP contribution in [-0.4, -0.2) is 6.61 Å². The van der Waals surface area contributed by atoms with Gasteiger partial charge in [-0.15, -0.1) is 0 Å². The van der Waals surface area contributed by atoms with Gasteiger partial charge in [0, 0.05) is 12.1 Å². The van der Waals surface area contributed by atoms with E-state index in [1.165, 1.54) is 12.1 Å². The summed E-state index contributed by atoms with van der Waals surface area (Å²) in [6.07, 6.45) is 0. The van der Waals surface area contributed by atoms with Crippen LogP contribution in [0.25, 0.3) is 0 Å². The number of anilines is 1. The highest BCUT2D eigenvalue weighted by Gasteiger charge is 2.12. The van der Waals surface area contributed by atoms with E-state index in [0.29, 0.717) is 23.1 Å². The van der Waals surface area contributed by atoms with E-state index >= 15 is 0 Å². The van der Waals surface area contributed by atoms with Gasteiger partial charge in [-0.2, -0.15) is 0 Å². The summed E-state index contributed by atoms with van der Waals surface area (Å²) in [6, 6.07) is 7.97. The minimum atomic E-state index is -0.522. The van der Waals surface area contributed by atoms with Crippen LogP contribution in [0.2, 0.25) is 5.02 Å². The molecule has 0 aliphatic carbocycles. The second-order valence-electron chi connectivity index (χ2n) is 4.29. The number of nitrogen functional groups attached to an aromatic ring is 1. The number of hydrogen-bond acceptors (Lipinski definition) is 3. The predicted molar refractivity (Wildman–Crippen MR) is 78.2 cm³/mol. The zero-order valence-electron chi connectivity index (χ0n) is 11.2. The van der Waals surface area contributed by atoms with Crippen molar-refractivity contribution in [3.8, 4) is 17.2 Å². The van der Waals surface area contributed by atoms with E-state index < -0.39 is 5.82 Å². The highest BCUT2D eigenvalue weighted by atomic mass is 35.5. The van der Waals surface area contributed by atoms with Gasteiger partial charge in [0.05, 0.1) is 17.3 Å². The fraction of sp³-hybridized carbons (Fsp3) is 0.200. The van der Waals surface area contributed by atoms with E-state index in [1.54, 1.807) is 19.1 Å². The van der Waals surface area contributed by atoms with Gasteiger partial charge in [0.1, 0.15) is 5.75 Å². The van der Waals surface area contributed by atoms with Gasteiger partial charge in [-0.25, -0.2) is 4.39 Å². The minimum Gasteiger partial charge on any atom is -0.491 e. The first-order valence-corrected chi connectivity index (χ1v) is 6.55. The summed E-state index contributed by atoms with van der Waals surface area (Å²) >= 11 is 6.09. The van der Waals surface area contributed by atoms with Crippen molar-refractivity contribution >= 4 is 17.3 Å². The second kappa shape index (κ2) is 6.01. The van der Waals surface area contributed by atoms with Gasteiger partial charge in [0.15, 0.2) is 17.3 Å². The van der Waals surface area contributed by atoms with Crippen molar-refractivity contribution in [2.45, 2.75) is 13.8 Å². The van der Waals surface area contributed by atoms with Gasteiger partial charge in [-0.05, 0) is 31.5 Å². The molecule has 2 aromatic rings. The monoisotopic (exact) mass is 295 g/mol. The molecule has 2 rings (SSSR count). The van der Waals surface area contributed by atoms with E-state index in [2.05, 4.69) is 0 Å². The standard InChI is InChI=1S/C15H15ClFNO2/c1-3-19-14-8-15(12(18)7-11(14)17)20-13-5-4-9(2)6-10(13)16/h4-8H,3,18H2,1-2H3. The first kappa shape index (κ1) is 14.5. The molecule has 0 aromatic heterocycles. The third-order valence-electron chi connectivity index (χ3n) is 2.67. The molecule has 0 heterocycles. The van der Waals surface area contributed by atoms with Crippen LogP contribution in [0.3, 0.4) is 0 Å². The third-order valence-corrected chi connectivity index (χ3v) is 2.97. The Balaban J connectivity index is 2.35. The fourth-order valence-corrected chi connectivity index (χ4v) is 1.99. The number of halogens is 2. The first-order chi connectivity index (χ1) is 9.51. The molecule has 3 nitrogen and oxygen atoms in total. The number of hydrogen-bond donors (Lipinski definition) is 1. The van der Waals surface area contributed by atoms with Crippen LogP contribution in [0, 0.1) is 12.7 Å². The number of ether oxygens (including phenoxy) is 2. The highest BCUT2D eigenvalue weighted by molar-refractivity contribution is 6.32. The Bertz CT molecular complexity index is 632. The molecule has 0 aliphatic heterocycles. The molecule has 0 atom stereocenters. The van der Waals surface area contributed by atoms with Gasteiger partial charge in [-0.3, -0.25) is 0 Å². The summed E-state index contributed by atoms with van der Waals surface area (Å²) in [5.41, 5.74) is 6.95. The van der Waals surface area contributed by atoms with Crippen LogP contribution in [0.4, 0.5) is 10.1 Å². The molecule has 0 spiro atoms. The maximum absolute atomic E-state index is 13.6. The predicted octanol–water partition coefficient (Wildman–Crippen LogP) is 4.56. The van der Waals surface area contributed by atoms with Gasteiger partial charge in [0.25, 0.3) is 0 Å². The lowest BCUT2D eigenvalue weighted by Gasteiger charge is -2.13. The van der Waals surface area contributed by atoms with Crippen molar-refractivity contribution in [1.82, 2.24) is 0 Å². The van der Waals surface area contributed by atoms with Gasteiger partial charge in [0.2, 0.25) is 0 Å². The van der Waals surface area contributed by atoms with Crippen LogP contribution < -0.4 is 15.2 Å². The summed E-state index contributed by atoms with van der Waals surface area (Å²) in [4.78, 5) is 0. The molecule has 0 unspecified atom stereocenters. The topological polar surface area (TPSA) is 44.5 Å². The molecule has 0 radical (unpaired) electrons. The summed E-state index contributed by atoms with van der Waals surface area (Å²) in [6.45, 7) is 4.05. The average Bonchev–Trinajstić information content (AvgIpc) is 2.38. The molecule has 2 N–H and O–H groups in total. The quantitative estimate of drug-likeness (QED) is 0.841. The molecular formula is C15H15ClFNO2. The number of benzene rings is 2. The lowest BCUT2D eigenvalue weighted by Crippen LogP contribution is -1.99. The minimum absolute atomic E-state index is 0.0972. The largest absolute Gasteiger partial charge is 0.491 e. The molecular weight excluding hydrogens is 281 g/mol. The van der Waals surface area contributed by atoms with Crippen LogP contribution in [0.1, 0.15) is 12.5 Å². The van der Waals surface area contributed by atoms with Crippen LogP contribution >= 0.6 is 11.6 Å². The lowest BCUT2D eigenvalue weighted by molar-refractivity contribution is 0.319. The van der Waals surface area contributed by atoms with Crippen LogP contribution in [-0.2, 0) is 0 Å². The molecule has 5 heteroatoms. The molecule has 0 bridgehead atoms. The Labute approximate surface area is 122 Å². The van der Waals surface area contributed by atoms with Crippen molar-refractivity contribution in [1.29, 1.82) is 0 Å². The molecule has 20 heavy (non-hydrogen) atoms. The van der Waals surface area contributed by atoms with E-state index in [0.717, 1.165) is 5.56 Å². The van der Waals surface area contributed by atoms with Crippen molar-refractivity contribution in [3.63, 3.8) is 0 Å². The molecule has 0 saturated heterocycles. The summed E-state index contributed by atoms with van der Waals surface area (Å²) < 4.78 is 24.4. The smallest absolute Gasteiger partial charge is 0.167 e. The van der Waals surface area contributed by atoms with Crippen molar-refractivity contribution in [3.05, 3.63) is 46.7 Å². The van der Waals surface area contributed by atoms with E-state index in [9.17, 15) is 4.39 Å². The van der Waals surface area contributed by atoms with Crippen molar-refractivity contribution in [2.24, 2.45) is 0 Å². The molecule has 0 amide bonds. The SMILES string of the molecule is CCOc1cc(Oc2ccc(C)cc2Cl)c(N)cc1F. The summed E-state index contributed by atoms with van der Waals surface area (Å²) in [5, 5.41) is 0.465. The van der Waals surface area contributed by atoms with Crippen molar-refractivity contribution < 1.29 is 13.9 Å². The Kier molecular flexibility index (Phi) is 4.35. The fourth-order valence-electron chi connectivity index (χ4n) is 1.71. The second-order valence-corrected chi connectivity index (χ2v) is 4.70. The zero-order chi connectivity index (χ0) is 14.7. The molecule has 2 aromatic carbocycles.